The van der Waals surface area contributed by atoms with Gasteiger partial charge in [-0.3, -0.25) is 28.1 Å². The number of carbonyl (C=O) groups excluding carboxylic acids is 3. The number of nitrogen functional groups attached to an aromatic ring is 1. The second-order valence-corrected chi connectivity index (χ2v) is 27.5. The summed E-state index contributed by atoms with van der Waals surface area (Å²) in [6.07, 6.45) is -2.58. The molecule has 5 aliphatic rings. The van der Waals surface area contributed by atoms with Gasteiger partial charge < -0.3 is 84.3 Å². The number of hydrogen-bond acceptors (Lipinski definition) is 25. The monoisotopic (exact) mass is 1150 g/mol. The maximum Gasteiger partial charge on any atom is 0.274 e. The molecule has 430 valence electrons. The zero-order valence-electron chi connectivity index (χ0n) is 42.8. The van der Waals surface area contributed by atoms with Gasteiger partial charge in [-0.25, -0.2) is 19.3 Å². The number of thioether (sulfide) groups is 1. The van der Waals surface area contributed by atoms with Gasteiger partial charge in [-0.05, 0) is 97.7 Å². The van der Waals surface area contributed by atoms with Crippen LogP contribution in [0.2, 0.25) is 0 Å². The first-order valence-corrected chi connectivity index (χ1v) is 30.8. The van der Waals surface area contributed by atoms with E-state index in [0.29, 0.717) is 37.9 Å². The minimum atomic E-state index is -5.95. The van der Waals surface area contributed by atoms with Crippen LogP contribution < -0.4 is 35.9 Å². The highest BCUT2D eigenvalue weighted by atomic mass is 32.2. The maximum absolute atomic E-state index is 13.0. The Morgan fingerprint density at radius 2 is 1.67 bits per heavy atom. The van der Waals surface area contributed by atoms with Gasteiger partial charge in [0.15, 0.2) is 22.8 Å². The Labute approximate surface area is 443 Å². The number of nitrogens with one attached hydrogen (secondary N) is 2. The first-order valence-electron chi connectivity index (χ1n) is 25.4. The van der Waals surface area contributed by atoms with Gasteiger partial charge in [0, 0.05) is 37.1 Å². The third-order valence-corrected chi connectivity index (χ3v) is 21.0. The van der Waals surface area contributed by atoms with Gasteiger partial charge in [-0.1, -0.05) is 46.4 Å². The largest absolute Gasteiger partial charge is 0.790 e. The highest BCUT2D eigenvalue weighted by Crippen LogP contribution is 2.68. The molecule has 2 amide bonds. The molecule has 2 aromatic rings. The van der Waals surface area contributed by atoms with Crippen molar-refractivity contribution in [2.45, 2.75) is 148 Å². The molecule has 2 unspecified atom stereocenters. The Kier molecular flexibility index (Phi) is 19.2. The van der Waals surface area contributed by atoms with E-state index in [1.165, 1.54) is 13.8 Å². The van der Waals surface area contributed by atoms with E-state index in [1.807, 2.05) is 0 Å². The van der Waals surface area contributed by atoms with Gasteiger partial charge in [0.05, 0.1) is 45.7 Å². The van der Waals surface area contributed by atoms with Crippen LogP contribution in [0.5, 0.6) is 0 Å². The number of carbonyl (C=O) groups is 3. The van der Waals surface area contributed by atoms with E-state index < -0.39 is 96.8 Å². The molecule has 18 atom stereocenters. The van der Waals surface area contributed by atoms with Gasteiger partial charge in [-0.2, -0.15) is 0 Å². The standard InChI is InChI=1S/C45H74N7O20P3S/c1-23(26-7-8-27-34-28(18-31(55)45(26,27)5)44(4)12-10-25(53)16-24(44)17-29(34)54)6-9-33(57)76-15-14-47-32(56)11-13-48-41(60)38(59)43(2,3)20-69-75(66,67)72-74(64,65)68-19-30-37(71-73(61,62)63)36(58)42(70-30)52-22-51-35-39(46)49-21-50-40(35)52/h21-31,34,36-38,42,53-55,58-59H,6-20H2,1-5H3,(H,47,56)(H,48,60)(H,64,65)(H,66,67)(H2,46,49,50)(H2,61,62,63)/p-4/t23-,24-,25-,26-,27+,28+,29-,30-,31+,34+,36-,37-,38+,42-,44+,45-/m1/s1. The van der Waals surface area contributed by atoms with Crippen LogP contribution in [0.3, 0.4) is 0 Å². The van der Waals surface area contributed by atoms with Crippen molar-refractivity contribution < 1.29 is 95.8 Å². The van der Waals surface area contributed by atoms with Crippen LogP contribution in [-0.2, 0) is 50.7 Å². The van der Waals surface area contributed by atoms with Gasteiger partial charge in [0.25, 0.3) is 15.6 Å². The van der Waals surface area contributed by atoms with E-state index in [0.717, 1.165) is 54.7 Å². The van der Waals surface area contributed by atoms with E-state index in [1.54, 1.807) is 0 Å². The van der Waals surface area contributed by atoms with Crippen molar-refractivity contribution in [3.05, 3.63) is 12.7 Å². The average Bonchev–Trinajstić information content (AvgIpc) is 4.03. The summed E-state index contributed by atoms with van der Waals surface area (Å²) in [6, 6.07) is 0. The zero-order valence-corrected chi connectivity index (χ0v) is 46.3. The number of aliphatic hydroxyl groups excluding tert-OH is 5. The van der Waals surface area contributed by atoms with Crippen molar-refractivity contribution in [3.63, 3.8) is 0 Å². The molecule has 1 aliphatic heterocycles. The summed E-state index contributed by atoms with van der Waals surface area (Å²) in [4.78, 5) is 98.3. The second kappa shape index (κ2) is 23.9. The number of amides is 2. The summed E-state index contributed by atoms with van der Waals surface area (Å²) >= 11 is 1.09. The van der Waals surface area contributed by atoms with Gasteiger partial charge in [0.1, 0.15) is 36.3 Å². The van der Waals surface area contributed by atoms with Crippen LogP contribution >= 0.6 is 35.2 Å². The normalized spacial score (nSPS) is 35.0. The Morgan fingerprint density at radius 1 is 0.961 bits per heavy atom. The molecule has 9 N–H and O–H groups in total. The number of imidazole rings is 1. The Morgan fingerprint density at radius 3 is 2.38 bits per heavy atom. The second-order valence-electron chi connectivity index (χ2n) is 22.2. The first-order chi connectivity index (χ1) is 35.4. The molecule has 4 aliphatic carbocycles. The minimum absolute atomic E-state index is 0.0185. The number of nitrogens with zero attached hydrogens (tertiary/aromatic N) is 4. The molecule has 27 nitrogen and oxygen atoms in total. The smallest absolute Gasteiger partial charge is 0.274 e. The maximum atomic E-state index is 13.0. The van der Waals surface area contributed by atoms with Gasteiger partial charge in [-0.15, -0.1) is 0 Å². The lowest BCUT2D eigenvalue weighted by atomic mass is 9.43. The Balaban J connectivity index is 0.784. The van der Waals surface area contributed by atoms with E-state index in [4.69, 9.17) is 10.5 Å². The van der Waals surface area contributed by atoms with Crippen molar-refractivity contribution >= 4 is 69.1 Å². The van der Waals surface area contributed by atoms with E-state index >= 15 is 0 Å². The molecule has 0 spiro atoms. The lowest BCUT2D eigenvalue weighted by Gasteiger charge is -2.63. The lowest BCUT2D eigenvalue weighted by Crippen LogP contribution is -2.62. The number of phosphoric ester groups is 3. The predicted octanol–water partition coefficient (Wildman–Crippen LogP) is -0.486. The summed E-state index contributed by atoms with van der Waals surface area (Å²) in [5.41, 5.74) is 3.66. The fourth-order valence-electron chi connectivity index (χ4n) is 13.0. The van der Waals surface area contributed by atoms with Crippen molar-refractivity contribution in [1.82, 2.24) is 30.2 Å². The zero-order chi connectivity index (χ0) is 55.9. The minimum Gasteiger partial charge on any atom is -0.790 e. The fraction of sp³-hybridized carbons (Fsp3) is 0.822. The van der Waals surface area contributed by atoms with Crippen LogP contribution in [0.25, 0.3) is 11.2 Å². The quantitative estimate of drug-likeness (QED) is 0.0514. The third-order valence-electron chi connectivity index (χ3n) is 17.1. The fourth-order valence-corrected chi connectivity index (χ4v) is 16.5. The molecule has 4 saturated carbocycles. The summed E-state index contributed by atoms with van der Waals surface area (Å²) in [5.74, 6) is -0.244. The molecule has 1 saturated heterocycles. The molecule has 7 rings (SSSR count). The van der Waals surface area contributed by atoms with E-state index in [2.05, 4.69) is 64.2 Å². The van der Waals surface area contributed by atoms with E-state index in [9.17, 15) is 73.2 Å². The molecule has 3 heterocycles. The van der Waals surface area contributed by atoms with Crippen molar-refractivity contribution in [2.75, 3.05) is 37.8 Å². The molecule has 0 bridgehead atoms. The number of nitrogens with two attached hydrogens (primary N) is 1. The predicted molar refractivity (Wildman–Crippen MR) is 261 cm³/mol. The van der Waals surface area contributed by atoms with Gasteiger partial charge in [0.2, 0.25) is 11.8 Å². The number of ether oxygens (including phenoxy) is 1. The van der Waals surface area contributed by atoms with Crippen LogP contribution in [-0.4, -0.2) is 137 Å². The number of anilines is 1. The molecule has 0 radical (unpaired) electrons. The van der Waals surface area contributed by atoms with Crippen LogP contribution in [0.15, 0.2) is 12.7 Å². The molecule has 76 heavy (non-hydrogen) atoms. The highest BCUT2D eigenvalue weighted by Gasteiger charge is 2.65. The number of phosphoric acid groups is 3. The number of hydrogen-bond donors (Lipinski definition) is 8. The third kappa shape index (κ3) is 13.6. The molecule has 31 heteroatoms. The molecular formula is C45H70N7O20P3S-4. The number of aliphatic hydroxyl groups is 5. The summed E-state index contributed by atoms with van der Waals surface area (Å²) in [7, 11) is -17.7. The SMILES string of the molecule is C[C@H](CCC(=O)SCCNC(=O)CCNC(=O)[C@H](O)C(C)(C)COP(=O)([O-])OP(=O)([O-])OC[C@H]1O[C@@H](n2cnc3c(N)ncnc32)[C@H](O)[C@@H]1OP(=O)([O-])[O-])[C@H]1CC[C@H]2[C@@H]3[C@H](O)C[C@H]4C[C@H](O)CC[C@]4(C)[C@H]3C[C@H](O)[C@]12C. The molecule has 5 fully saturated rings. The van der Waals surface area contributed by atoms with Crippen molar-refractivity contribution in [1.29, 1.82) is 0 Å². The average molecular weight is 1150 g/mol. The van der Waals surface area contributed by atoms with Crippen LogP contribution in [0.1, 0.15) is 105 Å². The first kappa shape index (κ1) is 61.1. The number of aromatic nitrogens is 4. The number of rotatable bonds is 23. The van der Waals surface area contributed by atoms with Crippen molar-refractivity contribution in [3.8, 4) is 0 Å². The Hall–Kier alpha value is -2.56. The molecule has 0 aromatic carbocycles. The summed E-state index contributed by atoms with van der Waals surface area (Å²) in [6.45, 7) is 6.63. The lowest BCUT2D eigenvalue weighted by molar-refractivity contribution is -0.347. The van der Waals surface area contributed by atoms with E-state index in [-0.39, 0.29) is 94.0 Å². The summed E-state index contributed by atoms with van der Waals surface area (Å²) < 4.78 is 61.1. The molecule has 2 aromatic heterocycles. The highest BCUT2D eigenvalue weighted by molar-refractivity contribution is 8.13. The van der Waals surface area contributed by atoms with Crippen LogP contribution in [0.4, 0.5) is 5.82 Å². The topological polar surface area (TPSA) is 436 Å². The Bertz CT molecular complexity index is 2560. The van der Waals surface area contributed by atoms with Gasteiger partial charge >= 0.3 is 0 Å². The number of fused-ring (bicyclic) bond motifs is 6. The van der Waals surface area contributed by atoms with Crippen molar-refractivity contribution in [2.24, 2.45) is 51.8 Å². The summed E-state index contributed by atoms with van der Waals surface area (Å²) in [5, 5.41) is 60.4. The molecular weight excluding hydrogens is 1080 g/mol. The van der Waals surface area contributed by atoms with Crippen LogP contribution in [0, 0.1) is 51.8 Å².